The molecule has 0 unspecified atom stereocenters. The van der Waals surface area contributed by atoms with Gasteiger partial charge in [-0.3, -0.25) is 4.98 Å². The van der Waals surface area contributed by atoms with Crippen molar-refractivity contribution in [2.75, 3.05) is 6.54 Å². The number of aromatic nitrogens is 1. The summed E-state index contributed by atoms with van der Waals surface area (Å²) in [5, 5.41) is 1.28. The van der Waals surface area contributed by atoms with Crippen molar-refractivity contribution in [1.82, 2.24) is 4.98 Å². The van der Waals surface area contributed by atoms with Gasteiger partial charge in [0.25, 0.3) is 0 Å². The summed E-state index contributed by atoms with van der Waals surface area (Å²) < 4.78 is 1.25. The third-order valence-corrected chi connectivity index (χ3v) is 2.91. The van der Waals surface area contributed by atoms with Crippen LogP contribution in [-0.2, 0) is 6.42 Å². The van der Waals surface area contributed by atoms with Crippen molar-refractivity contribution >= 4 is 21.4 Å². The van der Waals surface area contributed by atoms with Gasteiger partial charge in [-0.15, -0.1) is 11.3 Å². The maximum absolute atomic E-state index is 5.47. The molecule has 2 aromatic heterocycles. The molecule has 0 atom stereocenters. The Hall–Kier alpha value is -0.930. The molecule has 0 saturated carbocycles. The van der Waals surface area contributed by atoms with E-state index in [1.54, 1.807) is 11.3 Å². The van der Waals surface area contributed by atoms with Gasteiger partial charge in [0.15, 0.2) is 0 Å². The topological polar surface area (TPSA) is 38.9 Å². The van der Waals surface area contributed by atoms with Gasteiger partial charge >= 0.3 is 0 Å². The molecule has 0 fully saturated rings. The summed E-state index contributed by atoms with van der Waals surface area (Å²) in [6, 6.07) is 4.22. The Kier molecular flexibility index (Phi) is 2.06. The summed E-state index contributed by atoms with van der Waals surface area (Å²) in [6.45, 7) is 0.722. The Morgan fingerprint density at radius 1 is 1.50 bits per heavy atom. The molecule has 0 aromatic carbocycles. The molecular formula is C9H10N2S. The molecule has 2 nitrogen and oxygen atoms in total. The highest BCUT2D eigenvalue weighted by Gasteiger charge is 1.99. The van der Waals surface area contributed by atoms with Crippen LogP contribution in [0.15, 0.2) is 24.5 Å². The Bertz CT molecular complexity index is 348. The Morgan fingerprint density at radius 3 is 3.17 bits per heavy atom. The van der Waals surface area contributed by atoms with Crippen LogP contribution in [0.1, 0.15) is 4.88 Å². The number of nitrogens with two attached hydrogens (primary N) is 1. The molecule has 0 saturated heterocycles. The first-order valence-electron chi connectivity index (χ1n) is 3.92. The van der Waals surface area contributed by atoms with E-state index in [4.69, 9.17) is 5.73 Å². The second kappa shape index (κ2) is 3.21. The molecule has 2 heterocycles. The van der Waals surface area contributed by atoms with E-state index in [1.807, 2.05) is 18.5 Å². The zero-order valence-electron chi connectivity index (χ0n) is 6.66. The van der Waals surface area contributed by atoms with Crippen LogP contribution in [0.3, 0.4) is 0 Å². The number of pyridine rings is 1. The first-order chi connectivity index (χ1) is 5.90. The summed E-state index contributed by atoms with van der Waals surface area (Å²) in [5.41, 5.74) is 5.47. The van der Waals surface area contributed by atoms with Crippen LogP contribution in [0.2, 0.25) is 0 Å². The van der Waals surface area contributed by atoms with Gasteiger partial charge in [0, 0.05) is 17.3 Å². The van der Waals surface area contributed by atoms with Crippen LogP contribution in [0, 0.1) is 0 Å². The Labute approximate surface area is 75.0 Å². The summed E-state index contributed by atoms with van der Waals surface area (Å²) in [6.07, 6.45) is 4.70. The molecule has 0 radical (unpaired) electrons. The van der Waals surface area contributed by atoms with Gasteiger partial charge in [0.1, 0.15) is 0 Å². The van der Waals surface area contributed by atoms with Crippen LogP contribution in [0.25, 0.3) is 10.1 Å². The van der Waals surface area contributed by atoms with E-state index >= 15 is 0 Å². The fourth-order valence-corrected chi connectivity index (χ4v) is 2.25. The normalized spacial score (nSPS) is 10.8. The highest BCUT2D eigenvalue weighted by atomic mass is 32.1. The Morgan fingerprint density at radius 2 is 2.42 bits per heavy atom. The van der Waals surface area contributed by atoms with Gasteiger partial charge in [0.2, 0.25) is 0 Å². The van der Waals surface area contributed by atoms with Crippen molar-refractivity contribution in [3.63, 3.8) is 0 Å². The summed E-state index contributed by atoms with van der Waals surface area (Å²) in [5.74, 6) is 0. The molecule has 2 N–H and O–H groups in total. The SMILES string of the molecule is NCCc1cc2ccncc2s1. The minimum Gasteiger partial charge on any atom is -0.330 e. The number of nitrogens with zero attached hydrogens (tertiary/aromatic N) is 1. The first kappa shape index (κ1) is 7.71. The van der Waals surface area contributed by atoms with E-state index in [0.29, 0.717) is 0 Å². The van der Waals surface area contributed by atoms with E-state index in [-0.39, 0.29) is 0 Å². The van der Waals surface area contributed by atoms with Gasteiger partial charge in [-0.05, 0) is 30.5 Å². The number of rotatable bonds is 2. The maximum Gasteiger partial charge on any atom is 0.0529 e. The number of hydrogen-bond acceptors (Lipinski definition) is 3. The van der Waals surface area contributed by atoms with Crippen molar-refractivity contribution in [3.8, 4) is 0 Å². The zero-order valence-corrected chi connectivity index (χ0v) is 7.47. The predicted molar refractivity (Wildman–Crippen MR) is 52.4 cm³/mol. The van der Waals surface area contributed by atoms with Gasteiger partial charge in [-0.2, -0.15) is 0 Å². The lowest BCUT2D eigenvalue weighted by atomic mass is 10.3. The first-order valence-corrected chi connectivity index (χ1v) is 4.74. The summed E-state index contributed by atoms with van der Waals surface area (Å²) >= 11 is 1.78. The van der Waals surface area contributed by atoms with Crippen LogP contribution in [0.4, 0.5) is 0 Å². The molecule has 0 aliphatic rings. The van der Waals surface area contributed by atoms with Gasteiger partial charge in [-0.25, -0.2) is 0 Å². The van der Waals surface area contributed by atoms with Crippen LogP contribution >= 0.6 is 11.3 Å². The lowest BCUT2D eigenvalue weighted by molar-refractivity contribution is 0.989. The largest absolute Gasteiger partial charge is 0.330 e. The standard InChI is InChI=1S/C9H10N2S/c10-3-1-8-5-7-2-4-11-6-9(7)12-8/h2,4-6H,1,3,10H2. The number of thiophene rings is 1. The number of hydrogen-bond donors (Lipinski definition) is 1. The number of fused-ring (bicyclic) bond motifs is 1. The van der Waals surface area contributed by atoms with E-state index in [0.717, 1.165) is 13.0 Å². The average molecular weight is 178 g/mol. The molecular weight excluding hydrogens is 168 g/mol. The second-order valence-corrected chi connectivity index (χ2v) is 3.83. The second-order valence-electron chi connectivity index (χ2n) is 2.66. The minimum atomic E-state index is 0.722. The van der Waals surface area contributed by atoms with Crippen molar-refractivity contribution < 1.29 is 0 Å². The fourth-order valence-electron chi connectivity index (χ4n) is 1.20. The lowest BCUT2D eigenvalue weighted by Gasteiger charge is -1.86. The van der Waals surface area contributed by atoms with Crippen molar-refractivity contribution in [3.05, 3.63) is 29.4 Å². The summed E-state index contributed by atoms with van der Waals surface area (Å²) in [4.78, 5) is 5.41. The minimum absolute atomic E-state index is 0.722. The average Bonchev–Trinajstić information content (AvgIpc) is 2.47. The van der Waals surface area contributed by atoms with Crippen LogP contribution < -0.4 is 5.73 Å². The molecule has 0 bridgehead atoms. The quantitative estimate of drug-likeness (QED) is 0.761. The van der Waals surface area contributed by atoms with Crippen molar-refractivity contribution in [1.29, 1.82) is 0 Å². The third kappa shape index (κ3) is 1.33. The van der Waals surface area contributed by atoms with Crippen LogP contribution in [-0.4, -0.2) is 11.5 Å². The van der Waals surface area contributed by atoms with Gasteiger partial charge < -0.3 is 5.73 Å². The fraction of sp³-hybridized carbons (Fsp3) is 0.222. The van der Waals surface area contributed by atoms with Crippen molar-refractivity contribution in [2.24, 2.45) is 5.73 Å². The zero-order chi connectivity index (χ0) is 8.39. The molecule has 0 amide bonds. The molecule has 0 spiro atoms. The molecule has 62 valence electrons. The van der Waals surface area contributed by atoms with E-state index < -0.39 is 0 Å². The highest BCUT2D eigenvalue weighted by Crippen LogP contribution is 2.24. The predicted octanol–water partition coefficient (Wildman–Crippen LogP) is 1.80. The summed E-state index contributed by atoms with van der Waals surface area (Å²) in [7, 11) is 0. The molecule has 12 heavy (non-hydrogen) atoms. The van der Waals surface area contributed by atoms with E-state index in [1.165, 1.54) is 15.0 Å². The molecule has 2 aromatic rings. The van der Waals surface area contributed by atoms with E-state index in [9.17, 15) is 0 Å². The monoisotopic (exact) mass is 178 g/mol. The van der Waals surface area contributed by atoms with Crippen molar-refractivity contribution in [2.45, 2.75) is 6.42 Å². The molecule has 3 heteroatoms. The van der Waals surface area contributed by atoms with E-state index in [2.05, 4.69) is 11.1 Å². The lowest BCUT2D eigenvalue weighted by Crippen LogP contribution is -2.00. The van der Waals surface area contributed by atoms with Gasteiger partial charge in [0.05, 0.1) is 4.70 Å². The maximum atomic E-state index is 5.47. The Balaban J connectivity index is 2.47. The van der Waals surface area contributed by atoms with Crippen LogP contribution in [0.5, 0.6) is 0 Å². The highest BCUT2D eigenvalue weighted by molar-refractivity contribution is 7.19. The molecule has 0 aliphatic carbocycles. The third-order valence-electron chi connectivity index (χ3n) is 1.76. The molecule has 0 aliphatic heterocycles. The smallest absolute Gasteiger partial charge is 0.0529 e. The molecule has 2 rings (SSSR count). The van der Waals surface area contributed by atoms with Gasteiger partial charge in [-0.1, -0.05) is 0 Å².